The lowest BCUT2D eigenvalue weighted by atomic mass is 10.2. The Morgan fingerprint density at radius 3 is 2.53 bits per heavy atom. The van der Waals surface area contributed by atoms with Crippen molar-refractivity contribution in [1.82, 2.24) is 30.3 Å². The summed E-state index contributed by atoms with van der Waals surface area (Å²) in [5.41, 5.74) is 1.27. The molecule has 3 rings (SSSR count). The molecule has 1 aliphatic heterocycles. The van der Waals surface area contributed by atoms with Crippen molar-refractivity contribution in [3.05, 3.63) is 36.4 Å². The Bertz CT molecular complexity index is 781. The van der Waals surface area contributed by atoms with Crippen LogP contribution in [0.3, 0.4) is 0 Å². The van der Waals surface area contributed by atoms with Gasteiger partial charge in [-0.05, 0) is 44.2 Å². The zero-order chi connectivity index (χ0) is 21.2. The van der Waals surface area contributed by atoms with Crippen molar-refractivity contribution in [2.24, 2.45) is 12.0 Å². The van der Waals surface area contributed by atoms with Crippen molar-refractivity contribution in [1.29, 1.82) is 0 Å². The van der Waals surface area contributed by atoms with Gasteiger partial charge in [-0.15, -0.1) is 0 Å². The third-order valence-corrected chi connectivity index (χ3v) is 5.28. The lowest BCUT2D eigenvalue weighted by Gasteiger charge is -2.36. The predicted molar refractivity (Wildman–Crippen MR) is 120 cm³/mol. The van der Waals surface area contributed by atoms with Crippen molar-refractivity contribution < 1.29 is 4.74 Å². The van der Waals surface area contributed by atoms with Gasteiger partial charge in [-0.1, -0.05) is 0 Å². The fourth-order valence-electron chi connectivity index (χ4n) is 3.49. The Balaban J connectivity index is 1.36. The number of piperazine rings is 1. The summed E-state index contributed by atoms with van der Waals surface area (Å²) in [6.07, 6.45) is 2.64. The maximum Gasteiger partial charge on any atom is 0.191 e. The molecule has 1 saturated heterocycles. The van der Waals surface area contributed by atoms with Gasteiger partial charge in [-0.2, -0.15) is 5.10 Å². The fourth-order valence-corrected chi connectivity index (χ4v) is 3.49. The minimum absolute atomic E-state index is 0.513. The van der Waals surface area contributed by atoms with Crippen LogP contribution in [-0.4, -0.2) is 78.5 Å². The number of rotatable bonds is 9. The van der Waals surface area contributed by atoms with Crippen molar-refractivity contribution in [3.63, 3.8) is 0 Å². The van der Waals surface area contributed by atoms with E-state index in [1.165, 1.54) is 5.69 Å². The highest BCUT2D eigenvalue weighted by Crippen LogP contribution is 2.20. The molecule has 2 N–H and O–H groups in total. The lowest BCUT2D eigenvalue weighted by molar-refractivity contribution is 0.255. The topological polar surface area (TPSA) is 82.8 Å². The second kappa shape index (κ2) is 11.4. The Morgan fingerprint density at radius 1 is 1.13 bits per heavy atom. The van der Waals surface area contributed by atoms with E-state index in [9.17, 15) is 0 Å². The smallest absolute Gasteiger partial charge is 0.191 e. The number of aryl methyl sites for hydroxylation is 1. The zero-order valence-corrected chi connectivity index (χ0v) is 18.3. The van der Waals surface area contributed by atoms with Gasteiger partial charge < -0.3 is 20.3 Å². The molecular weight excluding hydrogens is 380 g/mol. The van der Waals surface area contributed by atoms with Crippen molar-refractivity contribution >= 4 is 11.6 Å². The number of nitrogens with zero attached hydrogens (tertiary/aromatic N) is 6. The number of benzene rings is 1. The average Bonchev–Trinajstić information content (AvgIpc) is 3.20. The van der Waals surface area contributed by atoms with Gasteiger partial charge in [-0.25, -0.2) is 9.98 Å². The highest BCUT2D eigenvalue weighted by Gasteiger charge is 2.16. The standard InChI is InChI=1S/C21H34N8O/c1-4-22-21(24-16-20-25-17-26-27(20)2)23-10-5-11-28-12-14-29(15-13-28)18-6-8-19(30-3)9-7-18/h6-9,17H,4-5,10-16H2,1-3H3,(H2,22,23,24). The Hall–Kier alpha value is -2.81. The van der Waals surface area contributed by atoms with Crippen molar-refractivity contribution in [2.45, 2.75) is 19.9 Å². The van der Waals surface area contributed by atoms with E-state index in [-0.39, 0.29) is 0 Å². The van der Waals surface area contributed by atoms with Crippen molar-refractivity contribution in [2.75, 3.05) is 57.8 Å². The maximum atomic E-state index is 5.25. The van der Waals surface area contributed by atoms with Crippen LogP contribution in [0, 0.1) is 0 Å². The minimum Gasteiger partial charge on any atom is -0.497 e. The van der Waals surface area contributed by atoms with E-state index in [4.69, 9.17) is 4.74 Å². The normalized spacial score (nSPS) is 15.3. The van der Waals surface area contributed by atoms with E-state index < -0.39 is 0 Å². The van der Waals surface area contributed by atoms with E-state index in [0.29, 0.717) is 6.54 Å². The van der Waals surface area contributed by atoms with Gasteiger partial charge in [0.25, 0.3) is 0 Å². The molecule has 0 radical (unpaired) electrons. The number of nitrogens with one attached hydrogen (secondary N) is 2. The summed E-state index contributed by atoms with van der Waals surface area (Å²) in [6, 6.07) is 8.34. The van der Waals surface area contributed by atoms with Gasteiger partial charge in [0.05, 0.1) is 7.11 Å². The van der Waals surface area contributed by atoms with Gasteiger partial charge in [-0.3, -0.25) is 9.58 Å². The summed E-state index contributed by atoms with van der Waals surface area (Å²) < 4.78 is 7.00. The first-order valence-corrected chi connectivity index (χ1v) is 10.7. The molecule has 0 unspecified atom stereocenters. The molecular formula is C21H34N8O. The van der Waals surface area contributed by atoms with Crippen LogP contribution < -0.4 is 20.3 Å². The SMILES string of the molecule is CCNC(=NCc1ncnn1C)NCCCN1CCN(c2ccc(OC)cc2)CC1. The second-order valence-corrected chi connectivity index (χ2v) is 7.30. The molecule has 0 saturated carbocycles. The Morgan fingerprint density at radius 2 is 1.90 bits per heavy atom. The first-order valence-electron chi connectivity index (χ1n) is 10.7. The number of aromatic nitrogens is 3. The van der Waals surface area contributed by atoms with E-state index in [2.05, 4.69) is 54.6 Å². The molecule has 9 nitrogen and oxygen atoms in total. The molecule has 1 aliphatic rings. The zero-order valence-electron chi connectivity index (χ0n) is 18.3. The van der Waals surface area contributed by atoms with Crippen LogP contribution in [0.5, 0.6) is 5.75 Å². The summed E-state index contributed by atoms with van der Waals surface area (Å²) in [5.74, 6) is 2.58. The first kappa shape index (κ1) is 21.9. The van der Waals surface area contributed by atoms with Gasteiger partial charge >= 0.3 is 0 Å². The second-order valence-electron chi connectivity index (χ2n) is 7.30. The summed E-state index contributed by atoms with van der Waals surface area (Å²) in [4.78, 5) is 13.8. The molecule has 0 amide bonds. The summed E-state index contributed by atoms with van der Waals surface area (Å²) >= 11 is 0. The number of guanidine groups is 1. The summed E-state index contributed by atoms with van der Waals surface area (Å²) in [6.45, 7) is 9.69. The highest BCUT2D eigenvalue weighted by atomic mass is 16.5. The van der Waals surface area contributed by atoms with Gasteiger partial charge in [0.1, 0.15) is 24.4 Å². The van der Waals surface area contributed by atoms with Gasteiger partial charge in [0.2, 0.25) is 0 Å². The average molecular weight is 415 g/mol. The van der Waals surface area contributed by atoms with Gasteiger partial charge in [0, 0.05) is 52.0 Å². The molecule has 164 valence electrons. The fraction of sp³-hybridized carbons (Fsp3) is 0.571. The molecule has 1 aromatic carbocycles. The number of ether oxygens (including phenoxy) is 1. The van der Waals surface area contributed by atoms with Crippen LogP contribution in [0.1, 0.15) is 19.2 Å². The minimum atomic E-state index is 0.513. The number of aliphatic imine (C=N–C) groups is 1. The molecule has 0 aliphatic carbocycles. The Kier molecular flexibility index (Phi) is 8.31. The van der Waals surface area contributed by atoms with E-state index in [1.54, 1.807) is 18.1 Å². The third kappa shape index (κ3) is 6.35. The van der Waals surface area contributed by atoms with Crippen LogP contribution in [0.25, 0.3) is 0 Å². The third-order valence-electron chi connectivity index (χ3n) is 5.28. The summed E-state index contributed by atoms with van der Waals surface area (Å²) in [5, 5.41) is 10.8. The highest BCUT2D eigenvalue weighted by molar-refractivity contribution is 5.79. The molecule has 0 atom stereocenters. The molecule has 2 heterocycles. The first-order chi connectivity index (χ1) is 14.7. The monoisotopic (exact) mass is 414 g/mol. The predicted octanol–water partition coefficient (Wildman–Crippen LogP) is 1.09. The number of hydrogen-bond donors (Lipinski definition) is 2. The van der Waals surface area contributed by atoms with Crippen LogP contribution in [0.4, 0.5) is 5.69 Å². The molecule has 2 aromatic rings. The maximum absolute atomic E-state index is 5.25. The Labute approximate surface area is 179 Å². The quantitative estimate of drug-likeness (QED) is 0.361. The van der Waals surface area contributed by atoms with E-state index in [1.807, 2.05) is 19.2 Å². The number of anilines is 1. The molecule has 0 spiro atoms. The number of methoxy groups -OCH3 is 1. The molecule has 0 bridgehead atoms. The van der Waals surface area contributed by atoms with E-state index >= 15 is 0 Å². The van der Waals surface area contributed by atoms with Crippen molar-refractivity contribution in [3.8, 4) is 5.75 Å². The molecule has 30 heavy (non-hydrogen) atoms. The van der Waals surface area contributed by atoms with Crippen LogP contribution in [0.2, 0.25) is 0 Å². The van der Waals surface area contributed by atoms with E-state index in [0.717, 1.165) is 69.8 Å². The lowest BCUT2D eigenvalue weighted by Crippen LogP contribution is -2.47. The molecule has 1 fully saturated rings. The summed E-state index contributed by atoms with van der Waals surface area (Å²) in [7, 11) is 3.58. The van der Waals surface area contributed by atoms with Gasteiger partial charge in [0.15, 0.2) is 5.96 Å². The van der Waals surface area contributed by atoms with Crippen LogP contribution >= 0.6 is 0 Å². The number of hydrogen-bond acceptors (Lipinski definition) is 6. The molecule has 9 heteroatoms. The molecule has 1 aromatic heterocycles. The van der Waals surface area contributed by atoms with Crippen LogP contribution in [-0.2, 0) is 13.6 Å². The van der Waals surface area contributed by atoms with Crippen LogP contribution in [0.15, 0.2) is 35.6 Å². The largest absolute Gasteiger partial charge is 0.497 e.